The van der Waals surface area contributed by atoms with Crippen LogP contribution in [-0.2, 0) is 0 Å². The highest BCUT2D eigenvalue weighted by Gasteiger charge is 1.65. The van der Waals surface area contributed by atoms with Gasteiger partial charge in [0.05, 0.1) is 6.54 Å². The van der Waals surface area contributed by atoms with Gasteiger partial charge in [0, 0.05) is 12.4 Å². The van der Waals surface area contributed by atoms with E-state index in [2.05, 4.69) is 16.6 Å². The van der Waals surface area contributed by atoms with Crippen LogP contribution in [-0.4, -0.2) is 19.0 Å². The van der Waals surface area contributed by atoms with Crippen molar-refractivity contribution in [3.8, 4) is 0 Å². The van der Waals surface area contributed by atoms with E-state index in [-0.39, 0.29) is 0 Å². The summed E-state index contributed by atoms with van der Waals surface area (Å²) in [6.07, 6.45) is 2.85. The number of aliphatic imine (C=N–C) groups is 1. The first-order valence-electron chi connectivity index (χ1n) is 3.10. The summed E-state index contributed by atoms with van der Waals surface area (Å²) in [4.78, 5) is 3.81. The third-order valence-corrected chi connectivity index (χ3v) is 0.691. The quantitative estimate of drug-likeness (QED) is 0.437. The average Bonchev–Trinajstić information content (AvgIpc) is 1.89. The van der Waals surface area contributed by atoms with Gasteiger partial charge in [0.1, 0.15) is 0 Å². The average molecular weight is 124 g/mol. The molecule has 2 nitrogen and oxygen atoms in total. The maximum Gasteiger partial charge on any atom is 0.0613 e. The van der Waals surface area contributed by atoms with Gasteiger partial charge in [-0.3, -0.25) is 0 Å². The van der Waals surface area contributed by atoms with Crippen molar-refractivity contribution in [2.75, 3.05) is 13.1 Å². The van der Waals surface area contributed by atoms with E-state index in [0.717, 1.165) is 6.42 Å². The molecular formula is C7H12N2. The SMILES string of the molecule is CCC=C=C=NCCN. The van der Waals surface area contributed by atoms with Crippen molar-refractivity contribution in [3.63, 3.8) is 0 Å². The van der Waals surface area contributed by atoms with Gasteiger partial charge in [-0.05, 0) is 12.5 Å². The Bertz CT molecular complexity index is 137. The molecule has 9 heavy (non-hydrogen) atoms. The number of hydrogen-bond donors (Lipinski definition) is 1. The standard InChI is InChI=1S/C7H12N2/c1-2-3-4-6-9-7-5-8/h3H,2,5,7-8H2,1H3. The van der Waals surface area contributed by atoms with Gasteiger partial charge in [-0.25, -0.2) is 4.99 Å². The first-order valence-corrected chi connectivity index (χ1v) is 3.10. The van der Waals surface area contributed by atoms with Crippen molar-refractivity contribution in [2.24, 2.45) is 10.7 Å². The van der Waals surface area contributed by atoms with E-state index in [4.69, 9.17) is 5.73 Å². The van der Waals surface area contributed by atoms with Crippen LogP contribution in [0.25, 0.3) is 0 Å². The van der Waals surface area contributed by atoms with Crippen LogP contribution in [0.3, 0.4) is 0 Å². The zero-order valence-electron chi connectivity index (χ0n) is 5.72. The van der Waals surface area contributed by atoms with Crippen molar-refractivity contribution in [1.82, 2.24) is 0 Å². The van der Waals surface area contributed by atoms with Gasteiger partial charge in [-0.15, -0.1) is 0 Å². The lowest BCUT2D eigenvalue weighted by molar-refractivity contribution is 0.983. The molecule has 0 amide bonds. The molecule has 0 aliphatic carbocycles. The fourth-order valence-corrected chi connectivity index (χ4v) is 0.314. The van der Waals surface area contributed by atoms with E-state index in [1.165, 1.54) is 0 Å². The molecule has 50 valence electrons. The monoisotopic (exact) mass is 124 g/mol. The lowest BCUT2D eigenvalue weighted by Crippen LogP contribution is -2.01. The molecule has 0 radical (unpaired) electrons. The molecule has 2 heteroatoms. The van der Waals surface area contributed by atoms with E-state index in [1.54, 1.807) is 0 Å². The summed E-state index contributed by atoms with van der Waals surface area (Å²) < 4.78 is 0. The van der Waals surface area contributed by atoms with Gasteiger partial charge >= 0.3 is 0 Å². The zero-order chi connectivity index (χ0) is 6.95. The minimum atomic E-state index is 0.584. The Morgan fingerprint density at radius 3 is 3.00 bits per heavy atom. The lowest BCUT2D eigenvalue weighted by Gasteiger charge is -1.75. The molecular weight excluding hydrogens is 112 g/mol. The van der Waals surface area contributed by atoms with E-state index in [1.807, 2.05) is 13.0 Å². The molecule has 0 aliphatic rings. The minimum Gasteiger partial charge on any atom is -0.329 e. The van der Waals surface area contributed by atoms with Gasteiger partial charge in [0.2, 0.25) is 0 Å². The largest absolute Gasteiger partial charge is 0.329 e. The van der Waals surface area contributed by atoms with Crippen LogP contribution in [0.5, 0.6) is 0 Å². The third kappa shape index (κ3) is 7.19. The van der Waals surface area contributed by atoms with Crippen molar-refractivity contribution < 1.29 is 0 Å². The Labute approximate surface area is 55.8 Å². The molecule has 0 rings (SSSR count). The molecule has 0 bridgehead atoms. The van der Waals surface area contributed by atoms with Crippen LogP contribution in [0.4, 0.5) is 0 Å². The molecule has 0 atom stereocenters. The summed E-state index contributed by atoms with van der Waals surface area (Å²) in [5, 5.41) is 0. The van der Waals surface area contributed by atoms with Crippen LogP contribution in [0.1, 0.15) is 13.3 Å². The van der Waals surface area contributed by atoms with Gasteiger partial charge < -0.3 is 5.73 Å². The Balaban J connectivity index is 3.53. The number of nitrogens with two attached hydrogens (primary N) is 1. The summed E-state index contributed by atoms with van der Waals surface area (Å²) in [5.74, 6) is 2.63. The molecule has 0 aliphatic heterocycles. The minimum absolute atomic E-state index is 0.584. The zero-order valence-corrected chi connectivity index (χ0v) is 5.72. The van der Waals surface area contributed by atoms with E-state index >= 15 is 0 Å². The normalized spacial score (nSPS) is 7.33. The second kappa shape index (κ2) is 7.19. The Kier molecular flexibility index (Phi) is 6.54. The molecule has 2 N–H and O–H groups in total. The van der Waals surface area contributed by atoms with E-state index < -0.39 is 0 Å². The lowest BCUT2D eigenvalue weighted by atomic mass is 10.5. The molecule has 0 aromatic rings. The summed E-state index contributed by atoms with van der Waals surface area (Å²) in [5.41, 5.74) is 7.94. The maximum absolute atomic E-state index is 5.17. The van der Waals surface area contributed by atoms with Crippen LogP contribution < -0.4 is 5.73 Å². The van der Waals surface area contributed by atoms with Gasteiger partial charge in [0.15, 0.2) is 0 Å². The van der Waals surface area contributed by atoms with Crippen LogP contribution >= 0.6 is 0 Å². The van der Waals surface area contributed by atoms with Crippen LogP contribution in [0, 0.1) is 0 Å². The highest BCUT2D eigenvalue weighted by Crippen LogP contribution is 1.70. The van der Waals surface area contributed by atoms with E-state index in [9.17, 15) is 0 Å². The Hall–Kier alpha value is -0.810. The van der Waals surface area contributed by atoms with Crippen molar-refractivity contribution in [1.29, 1.82) is 0 Å². The van der Waals surface area contributed by atoms with Crippen LogP contribution in [0.2, 0.25) is 0 Å². The molecule has 0 saturated heterocycles. The summed E-state index contributed by atoms with van der Waals surface area (Å²) in [6.45, 7) is 3.27. The smallest absolute Gasteiger partial charge is 0.0613 e. The molecule has 0 aromatic heterocycles. The van der Waals surface area contributed by atoms with E-state index in [0.29, 0.717) is 13.1 Å². The predicted molar refractivity (Wildman–Crippen MR) is 39.7 cm³/mol. The number of rotatable bonds is 3. The number of allylic oxidation sites excluding steroid dienone is 1. The molecule has 0 spiro atoms. The number of nitrogens with zero attached hydrogens (tertiary/aromatic N) is 1. The fraction of sp³-hybridized carbons (Fsp3) is 0.571. The molecule has 0 fully saturated rings. The second-order valence-corrected chi connectivity index (χ2v) is 1.54. The Morgan fingerprint density at radius 1 is 1.67 bits per heavy atom. The van der Waals surface area contributed by atoms with Crippen molar-refractivity contribution in [3.05, 3.63) is 11.8 Å². The van der Waals surface area contributed by atoms with Gasteiger partial charge in [0.25, 0.3) is 0 Å². The predicted octanol–water partition coefficient (Wildman–Crippen LogP) is 0.736. The second-order valence-electron chi connectivity index (χ2n) is 1.54. The third-order valence-electron chi connectivity index (χ3n) is 0.691. The van der Waals surface area contributed by atoms with Crippen LogP contribution in [0.15, 0.2) is 16.8 Å². The summed E-state index contributed by atoms with van der Waals surface area (Å²) in [6, 6.07) is 0. The molecule has 0 heterocycles. The summed E-state index contributed by atoms with van der Waals surface area (Å²) in [7, 11) is 0. The molecule has 0 unspecified atom stereocenters. The summed E-state index contributed by atoms with van der Waals surface area (Å²) >= 11 is 0. The number of hydrogen-bond acceptors (Lipinski definition) is 2. The van der Waals surface area contributed by atoms with Gasteiger partial charge in [-0.2, -0.15) is 0 Å². The molecule has 0 saturated carbocycles. The highest BCUT2D eigenvalue weighted by atomic mass is 14.7. The fourth-order valence-electron chi connectivity index (χ4n) is 0.314. The van der Waals surface area contributed by atoms with Gasteiger partial charge in [-0.1, -0.05) is 12.7 Å². The highest BCUT2D eigenvalue weighted by molar-refractivity contribution is 5.50. The topological polar surface area (TPSA) is 38.4 Å². The van der Waals surface area contributed by atoms with Crippen molar-refractivity contribution in [2.45, 2.75) is 13.3 Å². The first kappa shape index (κ1) is 8.19. The van der Waals surface area contributed by atoms with Crippen molar-refractivity contribution >= 4 is 5.87 Å². The first-order chi connectivity index (χ1) is 4.41. The maximum atomic E-state index is 5.17. The molecule has 0 aromatic carbocycles. The Morgan fingerprint density at radius 2 is 2.44 bits per heavy atom.